The molecule has 1 heterocycles. The zero-order valence-electron chi connectivity index (χ0n) is 11.1. The lowest BCUT2D eigenvalue weighted by Gasteiger charge is -2.23. The maximum Gasteiger partial charge on any atom is 0.236 e. The molecule has 1 atom stereocenters. The van der Waals surface area contributed by atoms with Crippen LogP contribution in [-0.2, 0) is 11.3 Å². The third-order valence-electron chi connectivity index (χ3n) is 2.81. The predicted molar refractivity (Wildman–Crippen MR) is 67.6 cm³/mol. The van der Waals surface area contributed by atoms with Gasteiger partial charge in [-0.3, -0.25) is 4.79 Å². The van der Waals surface area contributed by atoms with Gasteiger partial charge in [0.2, 0.25) is 5.91 Å². The van der Waals surface area contributed by atoms with Gasteiger partial charge in [-0.2, -0.15) is 0 Å². The van der Waals surface area contributed by atoms with Crippen molar-refractivity contribution in [3.8, 4) is 0 Å². The minimum atomic E-state index is 0.123. The summed E-state index contributed by atoms with van der Waals surface area (Å²) in [6.45, 7) is 7.27. The van der Waals surface area contributed by atoms with E-state index in [2.05, 4.69) is 17.2 Å². The molecule has 1 aromatic heterocycles. The molecule has 0 aliphatic heterocycles. The van der Waals surface area contributed by atoms with Crippen molar-refractivity contribution in [3.63, 3.8) is 0 Å². The summed E-state index contributed by atoms with van der Waals surface area (Å²) in [7, 11) is 1.83. The first-order valence-electron chi connectivity index (χ1n) is 5.95. The smallest absolute Gasteiger partial charge is 0.236 e. The lowest BCUT2D eigenvalue weighted by molar-refractivity contribution is -0.130. The molecular weight excluding hydrogens is 216 g/mol. The number of imidazole rings is 1. The summed E-state index contributed by atoms with van der Waals surface area (Å²) in [5, 5.41) is 3.22. The van der Waals surface area contributed by atoms with Crippen LogP contribution in [0.2, 0.25) is 0 Å². The van der Waals surface area contributed by atoms with Gasteiger partial charge >= 0.3 is 0 Å². The van der Waals surface area contributed by atoms with Crippen molar-refractivity contribution >= 4 is 5.91 Å². The van der Waals surface area contributed by atoms with Crippen LogP contribution >= 0.6 is 0 Å². The molecule has 0 aliphatic rings. The Bertz CT molecular complexity index is 334. The van der Waals surface area contributed by atoms with Crippen molar-refractivity contribution in [1.82, 2.24) is 19.8 Å². The number of nitrogens with one attached hydrogen (secondary N) is 1. The fourth-order valence-corrected chi connectivity index (χ4v) is 1.45. The van der Waals surface area contributed by atoms with Gasteiger partial charge in [0.15, 0.2) is 0 Å². The molecule has 0 aromatic carbocycles. The van der Waals surface area contributed by atoms with Crippen molar-refractivity contribution in [2.75, 3.05) is 13.6 Å². The fourth-order valence-electron chi connectivity index (χ4n) is 1.45. The predicted octanol–water partition coefficient (Wildman–Crippen LogP) is 0.728. The molecule has 0 spiro atoms. The van der Waals surface area contributed by atoms with Crippen molar-refractivity contribution in [2.24, 2.45) is 0 Å². The molecule has 5 heteroatoms. The Labute approximate surface area is 103 Å². The summed E-state index contributed by atoms with van der Waals surface area (Å²) in [5.74, 6) is 0.123. The molecule has 1 amide bonds. The fraction of sp³-hybridized carbons (Fsp3) is 0.667. The average Bonchev–Trinajstić information content (AvgIpc) is 2.77. The summed E-state index contributed by atoms with van der Waals surface area (Å²) in [6.07, 6.45) is 5.45. The van der Waals surface area contributed by atoms with Crippen LogP contribution in [0.4, 0.5) is 0 Å². The van der Waals surface area contributed by atoms with Crippen molar-refractivity contribution in [1.29, 1.82) is 0 Å². The number of hydrogen-bond donors (Lipinski definition) is 1. The van der Waals surface area contributed by atoms with Crippen LogP contribution in [0.15, 0.2) is 18.7 Å². The van der Waals surface area contributed by atoms with Gasteiger partial charge in [-0.15, -0.1) is 0 Å². The first-order valence-corrected chi connectivity index (χ1v) is 5.95. The second-order valence-electron chi connectivity index (χ2n) is 4.64. The highest BCUT2D eigenvalue weighted by molar-refractivity contribution is 5.78. The van der Waals surface area contributed by atoms with E-state index in [9.17, 15) is 4.79 Å². The van der Waals surface area contributed by atoms with Crippen molar-refractivity contribution in [2.45, 2.75) is 39.4 Å². The Morgan fingerprint density at radius 3 is 2.71 bits per heavy atom. The number of aromatic nitrogens is 2. The van der Waals surface area contributed by atoms with Crippen LogP contribution in [0.25, 0.3) is 0 Å². The first-order chi connectivity index (χ1) is 8.00. The van der Waals surface area contributed by atoms with E-state index in [-0.39, 0.29) is 18.0 Å². The average molecular weight is 238 g/mol. The van der Waals surface area contributed by atoms with E-state index >= 15 is 0 Å². The van der Waals surface area contributed by atoms with Gasteiger partial charge in [-0.25, -0.2) is 4.98 Å². The van der Waals surface area contributed by atoms with Crippen molar-refractivity contribution in [3.05, 3.63) is 18.7 Å². The molecule has 0 radical (unpaired) electrons. The molecule has 17 heavy (non-hydrogen) atoms. The highest BCUT2D eigenvalue weighted by Crippen LogP contribution is 1.95. The molecule has 1 unspecified atom stereocenters. The topological polar surface area (TPSA) is 50.2 Å². The van der Waals surface area contributed by atoms with Crippen LogP contribution in [0.5, 0.6) is 0 Å². The summed E-state index contributed by atoms with van der Waals surface area (Å²) >= 11 is 0. The standard InChI is InChI=1S/C12H22N4O/c1-10(2)15(4)12(17)7-14-11(3)8-16-6-5-13-9-16/h5-6,9-11,14H,7-8H2,1-4H3. The minimum absolute atomic E-state index is 0.123. The molecule has 0 saturated carbocycles. The van der Waals surface area contributed by atoms with Crippen LogP contribution in [0.3, 0.4) is 0 Å². The zero-order chi connectivity index (χ0) is 12.8. The molecule has 0 aliphatic carbocycles. The molecule has 1 N–H and O–H groups in total. The number of nitrogens with zero attached hydrogens (tertiary/aromatic N) is 3. The van der Waals surface area contributed by atoms with Gasteiger partial charge in [0, 0.05) is 38.1 Å². The van der Waals surface area contributed by atoms with Crippen LogP contribution < -0.4 is 5.32 Å². The quantitative estimate of drug-likeness (QED) is 0.795. The lowest BCUT2D eigenvalue weighted by Crippen LogP contribution is -2.42. The molecule has 5 nitrogen and oxygen atoms in total. The third-order valence-corrected chi connectivity index (χ3v) is 2.81. The number of carbonyl (C=O) groups is 1. The maximum atomic E-state index is 11.7. The van der Waals surface area contributed by atoms with E-state index in [4.69, 9.17) is 0 Å². The monoisotopic (exact) mass is 238 g/mol. The molecule has 1 aromatic rings. The van der Waals surface area contributed by atoms with Gasteiger partial charge < -0.3 is 14.8 Å². The second kappa shape index (κ2) is 6.39. The highest BCUT2D eigenvalue weighted by atomic mass is 16.2. The summed E-state index contributed by atoms with van der Waals surface area (Å²) in [4.78, 5) is 17.5. The Balaban J connectivity index is 2.28. The van der Waals surface area contributed by atoms with Gasteiger partial charge in [0.1, 0.15) is 0 Å². The summed E-state index contributed by atoms with van der Waals surface area (Å²) in [5.41, 5.74) is 0. The lowest BCUT2D eigenvalue weighted by atomic mass is 10.3. The van der Waals surface area contributed by atoms with Crippen LogP contribution in [-0.4, -0.2) is 46.0 Å². The summed E-state index contributed by atoms with van der Waals surface area (Å²) in [6, 6.07) is 0.488. The number of amides is 1. The Morgan fingerprint density at radius 2 is 2.18 bits per heavy atom. The van der Waals surface area contributed by atoms with Crippen molar-refractivity contribution < 1.29 is 4.79 Å². The van der Waals surface area contributed by atoms with E-state index in [0.29, 0.717) is 6.54 Å². The number of hydrogen-bond acceptors (Lipinski definition) is 3. The minimum Gasteiger partial charge on any atom is -0.342 e. The number of carbonyl (C=O) groups excluding carboxylic acids is 1. The SMILES string of the molecule is CC(Cn1ccnc1)NCC(=O)N(C)C(C)C. The Kier molecular flexibility index (Phi) is 5.15. The van der Waals surface area contributed by atoms with Crippen LogP contribution in [0.1, 0.15) is 20.8 Å². The molecule has 0 saturated heterocycles. The normalized spacial score (nSPS) is 12.8. The molecule has 0 fully saturated rings. The van der Waals surface area contributed by atoms with E-state index < -0.39 is 0 Å². The number of likely N-dealkylation sites (N-methyl/N-ethyl adjacent to an activating group) is 1. The van der Waals surface area contributed by atoms with E-state index in [0.717, 1.165) is 6.54 Å². The second-order valence-corrected chi connectivity index (χ2v) is 4.64. The van der Waals surface area contributed by atoms with Gasteiger partial charge in [0.25, 0.3) is 0 Å². The maximum absolute atomic E-state index is 11.7. The largest absolute Gasteiger partial charge is 0.342 e. The van der Waals surface area contributed by atoms with Gasteiger partial charge in [-0.1, -0.05) is 0 Å². The molecule has 0 bridgehead atoms. The summed E-state index contributed by atoms with van der Waals surface area (Å²) < 4.78 is 1.99. The third kappa shape index (κ3) is 4.56. The van der Waals surface area contributed by atoms with E-state index in [1.165, 1.54) is 0 Å². The molecular formula is C12H22N4O. The molecule has 1 rings (SSSR count). The highest BCUT2D eigenvalue weighted by Gasteiger charge is 2.12. The Morgan fingerprint density at radius 1 is 1.47 bits per heavy atom. The zero-order valence-corrected chi connectivity index (χ0v) is 11.1. The molecule has 96 valence electrons. The van der Waals surface area contributed by atoms with Gasteiger partial charge in [0.05, 0.1) is 12.9 Å². The first kappa shape index (κ1) is 13.7. The Hall–Kier alpha value is -1.36. The van der Waals surface area contributed by atoms with Crippen LogP contribution in [0, 0.1) is 0 Å². The van der Waals surface area contributed by atoms with Gasteiger partial charge in [-0.05, 0) is 20.8 Å². The van der Waals surface area contributed by atoms with E-state index in [1.807, 2.05) is 31.7 Å². The number of rotatable bonds is 6. The van der Waals surface area contributed by atoms with E-state index in [1.54, 1.807) is 17.4 Å².